The first-order chi connectivity index (χ1) is 4.84. The molecule has 0 fully saturated rings. The molecule has 1 aliphatic heterocycles. The second-order valence-electron chi connectivity index (χ2n) is 1.82. The molecule has 0 aliphatic carbocycles. The van der Waals surface area contributed by atoms with Gasteiger partial charge < -0.3 is 4.74 Å². The van der Waals surface area contributed by atoms with Crippen LogP contribution in [0.25, 0.3) is 0 Å². The van der Waals surface area contributed by atoms with E-state index in [9.17, 15) is 4.79 Å². The summed E-state index contributed by atoms with van der Waals surface area (Å²) in [7, 11) is 1.48. The standard InChI is InChI=1S/C7H8NO2/c1-8-7(9)6-2-4-10-5-3-6/h2-4H,5H2,1H3. The van der Waals surface area contributed by atoms with E-state index in [0.717, 1.165) is 0 Å². The van der Waals surface area contributed by atoms with Crippen LogP contribution >= 0.6 is 0 Å². The lowest BCUT2D eigenvalue weighted by Crippen LogP contribution is -2.13. The Morgan fingerprint density at radius 2 is 2.60 bits per heavy atom. The van der Waals surface area contributed by atoms with Gasteiger partial charge in [-0.05, 0) is 12.2 Å². The van der Waals surface area contributed by atoms with Gasteiger partial charge in [-0.3, -0.25) is 10.1 Å². The van der Waals surface area contributed by atoms with Crippen LogP contribution in [0.4, 0.5) is 0 Å². The predicted octanol–water partition coefficient (Wildman–Crippen LogP) is 0.218. The summed E-state index contributed by atoms with van der Waals surface area (Å²) in [6, 6.07) is 0. The monoisotopic (exact) mass is 138 g/mol. The molecule has 0 N–H and O–H groups in total. The molecule has 1 amide bonds. The zero-order valence-corrected chi connectivity index (χ0v) is 5.70. The molecule has 0 spiro atoms. The highest BCUT2D eigenvalue weighted by atomic mass is 16.5. The van der Waals surface area contributed by atoms with Crippen molar-refractivity contribution < 1.29 is 9.53 Å². The van der Waals surface area contributed by atoms with Gasteiger partial charge in [0, 0.05) is 12.6 Å². The molecule has 0 unspecified atom stereocenters. The molecule has 1 aliphatic rings. The van der Waals surface area contributed by atoms with E-state index in [-0.39, 0.29) is 5.91 Å². The number of ether oxygens (including phenoxy) is 1. The van der Waals surface area contributed by atoms with Crippen LogP contribution < -0.4 is 5.32 Å². The van der Waals surface area contributed by atoms with Crippen molar-refractivity contribution in [1.29, 1.82) is 0 Å². The smallest absolute Gasteiger partial charge is 0.272 e. The van der Waals surface area contributed by atoms with E-state index in [0.29, 0.717) is 12.2 Å². The van der Waals surface area contributed by atoms with Crippen LogP contribution in [0.3, 0.4) is 0 Å². The Labute approximate surface area is 59.4 Å². The average molecular weight is 138 g/mol. The average Bonchev–Trinajstić information content (AvgIpc) is 2.05. The molecule has 0 aromatic heterocycles. The Kier molecular flexibility index (Phi) is 2.10. The van der Waals surface area contributed by atoms with Crippen LogP contribution in [0, 0.1) is 0 Å². The van der Waals surface area contributed by atoms with E-state index in [1.54, 1.807) is 12.2 Å². The van der Waals surface area contributed by atoms with Gasteiger partial charge in [0.2, 0.25) is 0 Å². The molecule has 1 radical (unpaired) electrons. The summed E-state index contributed by atoms with van der Waals surface area (Å²) in [6.45, 7) is 0.465. The number of hydrogen-bond acceptors (Lipinski definition) is 2. The van der Waals surface area contributed by atoms with Crippen LogP contribution in [-0.2, 0) is 9.53 Å². The predicted molar refractivity (Wildman–Crippen MR) is 36.2 cm³/mol. The first-order valence-corrected chi connectivity index (χ1v) is 2.97. The van der Waals surface area contributed by atoms with E-state index in [4.69, 9.17) is 4.74 Å². The lowest BCUT2D eigenvalue weighted by Gasteiger charge is -2.04. The molecule has 10 heavy (non-hydrogen) atoms. The van der Waals surface area contributed by atoms with Crippen LogP contribution in [0.15, 0.2) is 24.0 Å². The SMILES string of the molecule is C[N]C(=O)C1=CCOC=C1. The zero-order valence-electron chi connectivity index (χ0n) is 5.70. The number of rotatable bonds is 1. The van der Waals surface area contributed by atoms with Gasteiger partial charge in [0.15, 0.2) is 0 Å². The summed E-state index contributed by atoms with van der Waals surface area (Å²) in [5, 5.41) is 3.50. The van der Waals surface area contributed by atoms with Gasteiger partial charge in [-0.1, -0.05) is 0 Å². The Morgan fingerprint density at radius 1 is 1.80 bits per heavy atom. The van der Waals surface area contributed by atoms with E-state index < -0.39 is 0 Å². The van der Waals surface area contributed by atoms with Crippen molar-refractivity contribution in [3.05, 3.63) is 24.0 Å². The summed E-state index contributed by atoms with van der Waals surface area (Å²) >= 11 is 0. The molecule has 1 heterocycles. The van der Waals surface area contributed by atoms with Crippen molar-refractivity contribution in [2.75, 3.05) is 13.7 Å². The van der Waals surface area contributed by atoms with Gasteiger partial charge in [0.25, 0.3) is 5.91 Å². The van der Waals surface area contributed by atoms with Crippen molar-refractivity contribution in [2.45, 2.75) is 0 Å². The second kappa shape index (κ2) is 3.06. The lowest BCUT2D eigenvalue weighted by atomic mass is 10.2. The number of nitrogens with zero attached hydrogens (tertiary/aromatic N) is 1. The molecule has 0 aromatic rings. The van der Waals surface area contributed by atoms with Crippen LogP contribution in [0.5, 0.6) is 0 Å². The molecular weight excluding hydrogens is 130 g/mol. The fourth-order valence-corrected chi connectivity index (χ4v) is 0.671. The topological polar surface area (TPSA) is 40.4 Å². The van der Waals surface area contributed by atoms with E-state index in [2.05, 4.69) is 5.32 Å². The minimum atomic E-state index is -0.195. The Bertz CT molecular complexity index is 194. The molecule has 0 aromatic carbocycles. The first-order valence-electron chi connectivity index (χ1n) is 2.97. The molecule has 0 saturated carbocycles. The maximum Gasteiger partial charge on any atom is 0.272 e. The minimum Gasteiger partial charge on any atom is -0.497 e. The van der Waals surface area contributed by atoms with Gasteiger partial charge in [-0.2, -0.15) is 0 Å². The molecule has 53 valence electrons. The highest BCUT2D eigenvalue weighted by Crippen LogP contribution is 2.02. The van der Waals surface area contributed by atoms with E-state index >= 15 is 0 Å². The largest absolute Gasteiger partial charge is 0.497 e. The van der Waals surface area contributed by atoms with Gasteiger partial charge in [-0.25, -0.2) is 0 Å². The van der Waals surface area contributed by atoms with Gasteiger partial charge >= 0.3 is 0 Å². The zero-order chi connectivity index (χ0) is 7.40. The number of carbonyl (C=O) groups is 1. The minimum absolute atomic E-state index is 0.195. The third-order valence-corrected chi connectivity index (χ3v) is 1.19. The van der Waals surface area contributed by atoms with Crippen molar-refractivity contribution >= 4 is 5.91 Å². The third-order valence-electron chi connectivity index (χ3n) is 1.19. The third kappa shape index (κ3) is 1.37. The van der Waals surface area contributed by atoms with Crippen LogP contribution in [0.1, 0.15) is 0 Å². The number of hydrogen-bond donors (Lipinski definition) is 0. The normalized spacial score (nSPS) is 15.5. The van der Waals surface area contributed by atoms with Gasteiger partial charge in [0.05, 0.1) is 6.26 Å². The maximum atomic E-state index is 10.8. The Balaban J connectivity index is 2.63. The van der Waals surface area contributed by atoms with E-state index in [1.807, 2.05) is 0 Å². The molecule has 3 heteroatoms. The summed E-state index contributed by atoms with van der Waals surface area (Å²) < 4.78 is 4.84. The highest BCUT2D eigenvalue weighted by Gasteiger charge is 2.06. The highest BCUT2D eigenvalue weighted by molar-refractivity contribution is 5.95. The molecule has 1 rings (SSSR count). The molecule has 0 saturated heterocycles. The van der Waals surface area contributed by atoms with Crippen LogP contribution in [-0.4, -0.2) is 19.6 Å². The quantitative estimate of drug-likeness (QED) is 0.520. The van der Waals surface area contributed by atoms with Crippen molar-refractivity contribution in [1.82, 2.24) is 5.32 Å². The van der Waals surface area contributed by atoms with Crippen molar-refractivity contribution in [2.24, 2.45) is 0 Å². The summed E-state index contributed by atoms with van der Waals surface area (Å²) in [5.41, 5.74) is 0.605. The fraction of sp³-hybridized carbons (Fsp3) is 0.286. The number of amides is 1. The van der Waals surface area contributed by atoms with Crippen molar-refractivity contribution in [3.8, 4) is 0 Å². The van der Waals surface area contributed by atoms with Gasteiger partial charge in [0.1, 0.15) is 6.61 Å². The summed E-state index contributed by atoms with van der Waals surface area (Å²) in [6.07, 6.45) is 4.81. The summed E-state index contributed by atoms with van der Waals surface area (Å²) in [5.74, 6) is -0.195. The Morgan fingerprint density at radius 3 is 3.10 bits per heavy atom. The van der Waals surface area contributed by atoms with Crippen LogP contribution in [0.2, 0.25) is 0 Å². The van der Waals surface area contributed by atoms with E-state index in [1.165, 1.54) is 13.3 Å². The summed E-state index contributed by atoms with van der Waals surface area (Å²) in [4.78, 5) is 10.8. The Hall–Kier alpha value is -1.25. The molecule has 0 bridgehead atoms. The first kappa shape index (κ1) is 6.86. The van der Waals surface area contributed by atoms with Crippen molar-refractivity contribution in [3.63, 3.8) is 0 Å². The number of carbonyl (C=O) groups excluding carboxylic acids is 1. The lowest BCUT2D eigenvalue weighted by molar-refractivity contribution is -0.117. The molecular formula is C7H8NO2. The second-order valence-corrected chi connectivity index (χ2v) is 1.82. The molecule has 3 nitrogen and oxygen atoms in total. The molecule has 0 atom stereocenters. The maximum absolute atomic E-state index is 10.8. The fourth-order valence-electron chi connectivity index (χ4n) is 0.671. The van der Waals surface area contributed by atoms with Gasteiger partial charge in [-0.15, -0.1) is 0 Å². The number of likely N-dealkylation sites (N-methyl/N-ethyl adjacent to an activating group) is 1.